The minimum Gasteiger partial charge on any atom is -0.345 e. The third kappa shape index (κ3) is 2.19. The highest BCUT2D eigenvalue weighted by molar-refractivity contribution is 5.85. The molecule has 0 aliphatic heterocycles. The molecule has 0 atom stereocenters. The van der Waals surface area contributed by atoms with Gasteiger partial charge in [-0.2, -0.15) is 0 Å². The molecule has 2 rings (SSSR count). The standard InChI is InChI=1S/C17H25N/c1-11(2)14-7-8-15-16(12(3)4)10-18(13(5)6)17(15)9-14/h7-13H,1-6H3. The maximum absolute atomic E-state index is 2.41. The molecule has 0 amide bonds. The van der Waals surface area contributed by atoms with Crippen molar-refractivity contribution in [3.63, 3.8) is 0 Å². The van der Waals surface area contributed by atoms with E-state index in [9.17, 15) is 0 Å². The van der Waals surface area contributed by atoms with E-state index in [4.69, 9.17) is 0 Å². The molecule has 98 valence electrons. The van der Waals surface area contributed by atoms with Crippen LogP contribution in [0.3, 0.4) is 0 Å². The summed E-state index contributed by atoms with van der Waals surface area (Å²) < 4.78 is 2.41. The minimum absolute atomic E-state index is 0.516. The van der Waals surface area contributed by atoms with E-state index < -0.39 is 0 Å². The fourth-order valence-corrected chi connectivity index (χ4v) is 2.54. The lowest BCUT2D eigenvalue weighted by atomic mass is 9.98. The average molecular weight is 243 g/mol. The number of benzene rings is 1. The predicted molar refractivity (Wildman–Crippen MR) is 80.5 cm³/mol. The zero-order chi connectivity index (χ0) is 13.4. The van der Waals surface area contributed by atoms with E-state index in [2.05, 4.69) is 70.5 Å². The van der Waals surface area contributed by atoms with E-state index >= 15 is 0 Å². The third-order valence-electron chi connectivity index (χ3n) is 3.73. The Morgan fingerprint density at radius 2 is 1.56 bits per heavy atom. The molecule has 0 spiro atoms. The summed E-state index contributed by atoms with van der Waals surface area (Å²) in [6.07, 6.45) is 2.34. The molecule has 1 nitrogen and oxygen atoms in total. The molecule has 0 aliphatic carbocycles. The van der Waals surface area contributed by atoms with E-state index in [0.717, 1.165) is 0 Å². The summed E-state index contributed by atoms with van der Waals surface area (Å²) >= 11 is 0. The SMILES string of the molecule is CC(C)c1ccc2c(C(C)C)cn(C(C)C)c2c1. The molecule has 0 saturated carbocycles. The Morgan fingerprint density at radius 3 is 2.06 bits per heavy atom. The van der Waals surface area contributed by atoms with Gasteiger partial charge in [-0.3, -0.25) is 0 Å². The Bertz CT molecular complexity index is 544. The second-order valence-electron chi connectivity index (χ2n) is 6.17. The summed E-state index contributed by atoms with van der Waals surface area (Å²) in [5.41, 5.74) is 4.28. The van der Waals surface area contributed by atoms with Gasteiger partial charge in [0.15, 0.2) is 0 Å². The van der Waals surface area contributed by atoms with Crippen molar-refractivity contribution < 1.29 is 0 Å². The van der Waals surface area contributed by atoms with E-state index in [1.165, 1.54) is 22.0 Å². The molecule has 1 aromatic carbocycles. The first-order valence-electron chi connectivity index (χ1n) is 7.06. The highest BCUT2D eigenvalue weighted by Gasteiger charge is 2.14. The number of aromatic nitrogens is 1. The van der Waals surface area contributed by atoms with Crippen LogP contribution in [0, 0.1) is 0 Å². The Balaban J connectivity index is 2.71. The van der Waals surface area contributed by atoms with Crippen LogP contribution >= 0.6 is 0 Å². The summed E-state index contributed by atoms with van der Waals surface area (Å²) in [6, 6.07) is 7.47. The number of fused-ring (bicyclic) bond motifs is 1. The summed E-state index contributed by atoms with van der Waals surface area (Å²) in [4.78, 5) is 0. The first-order chi connectivity index (χ1) is 8.41. The molecule has 0 fully saturated rings. The van der Waals surface area contributed by atoms with Crippen LogP contribution in [0.25, 0.3) is 10.9 Å². The lowest BCUT2D eigenvalue weighted by Crippen LogP contribution is -1.99. The van der Waals surface area contributed by atoms with E-state index in [1.807, 2.05) is 0 Å². The van der Waals surface area contributed by atoms with Crippen molar-refractivity contribution in [2.24, 2.45) is 0 Å². The number of rotatable bonds is 3. The van der Waals surface area contributed by atoms with Crippen LogP contribution in [0.15, 0.2) is 24.4 Å². The van der Waals surface area contributed by atoms with Crippen molar-refractivity contribution in [2.45, 2.75) is 59.4 Å². The quantitative estimate of drug-likeness (QED) is 0.673. The second kappa shape index (κ2) is 4.79. The van der Waals surface area contributed by atoms with Crippen LogP contribution < -0.4 is 0 Å². The Kier molecular flexibility index (Phi) is 3.52. The van der Waals surface area contributed by atoms with E-state index in [0.29, 0.717) is 17.9 Å². The van der Waals surface area contributed by atoms with Gasteiger partial charge in [0.1, 0.15) is 0 Å². The van der Waals surface area contributed by atoms with E-state index in [1.54, 1.807) is 0 Å². The Morgan fingerprint density at radius 1 is 0.889 bits per heavy atom. The summed E-state index contributed by atoms with van der Waals surface area (Å²) in [5, 5.41) is 1.42. The molecule has 0 saturated heterocycles. The average Bonchev–Trinajstić information content (AvgIpc) is 2.67. The molecule has 0 bridgehead atoms. The first kappa shape index (κ1) is 13.2. The van der Waals surface area contributed by atoms with Crippen molar-refractivity contribution in [2.75, 3.05) is 0 Å². The number of hydrogen-bond acceptors (Lipinski definition) is 0. The molecule has 0 aliphatic rings. The van der Waals surface area contributed by atoms with Crippen molar-refractivity contribution >= 4 is 10.9 Å². The van der Waals surface area contributed by atoms with E-state index in [-0.39, 0.29) is 0 Å². The molecular formula is C17H25N. The third-order valence-corrected chi connectivity index (χ3v) is 3.73. The number of hydrogen-bond donors (Lipinski definition) is 0. The van der Waals surface area contributed by atoms with Gasteiger partial charge in [-0.1, -0.05) is 39.8 Å². The van der Waals surface area contributed by atoms with Gasteiger partial charge in [-0.05, 0) is 42.9 Å². The van der Waals surface area contributed by atoms with Crippen LogP contribution in [0.1, 0.15) is 70.5 Å². The van der Waals surface area contributed by atoms with Gasteiger partial charge >= 0.3 is 0 Å². The summed E-state index contributed by atoms with van der Waals surface area (Å²) in [5.74, 6) is 1.17. The summed E-state index contributed by atoms with van der Waals surface area (Å²) in [7, 11) is 0. The van der Waals surface area contributed by atoms with Crippen LogP contribution in [0.4, 0.5) is 0 Å². The Labute approximate surface area is 111 Å². The number of nitrogens with zero attached hydrogens (tertiary/aromatic N) is 1. The smallest absolute Gasteiger partial charge is 0.0488 e. The lowest BCUT2D eigenvalue weighted by molar-refractivity contribution is 0.619. The monoisotopic (exact) mass is 243 g/mol. The fraction of sp³-hybridized carbons (Fsp3) is 0.529. The first-order valence-corrected chi connectivity index (χ1v) is 7.06. The highest BCUT2D eigenvalue weighted by atomic mass is 15.0. The Hall–Kier alpha value is -1.24. The van der Waals surface area contributed by atoms with Crippen molar-refractivity contribution in [3.05, 3.63) is 35.5 Å². The van der Waals surface area contributed by atoms with Crippen LogP contribution in [0.2, 0.25) is 0 Å². The second-order valence-corrected chi connectivity index (χ2v) is 6.17. The van der Waals surface area contributed by atoms with Gasteiger partial charge in [-0.15, -0.1) is 0 Å². The lowest BCUT2D eigenvalue weighted by Gasteiger charge is -2.11. The van der Waals surface area contributed by atoms with Crippen molar-refractivity contribution in [1.82, 2.24) is 4.57 Å². The molecule has 0 radical (unpaired) electrons. The van der Waals surface area contributed by atoms with Gasteiger partial charge in [0.25, 0.3) is 0 Å². The normalized spacial score (nSPS) is 12.3. The fourth-order valence-electron chi connectivity index (χ4n) is 2.54. The molecule has 1 heterocycles. The van der Waals surface area contributed by atoms with Gasteiger partial charge < -0.3 is 4.57 Å². The maximum Gasteiger partial charge on any atom is 0.0488 e. The highest BCUT2D eigenvalue weighted by Crippen LogP contribution is 2.31. The van der Waals surface area contributed by atoms with Crippen LogP contribution in [-0.4, -0.2) is 4.57 Å². The van der Waals surface area contributed by atoms with Gasteiger partial charge in [0.2, 0.25) is 0 Å². The van der Waals surface area contributed by atoms with Gasteiger partial charge in [0.05, 0.1) is 0 Å². The molecule has 2 aromatic rings. The maximum atomic E-state index is 2.41. The van der Waals surface area contributed by atoms with Crippen molar-refractivity contribution in [3.8, 4) is 0 Å². The molecule has 0 N–H and O–H groups in total. The zero-order valence-corrected chi connectivity index (χ0v) is 12.5. The molecule has 0 unspecified atom stereocenters. The minimum atomic E-state index is 0.516. The van der Waals surface area contributed by atoms with Gasteiger partial charge in [-0.25, -0.2) is 0 Å². The topological polar surface area (TPSA) is 4.93 Å². The predicted octanol–water partition coefficient (Wildman–Crippen LogP) is 5.47. The zero-order valence-electron chi connectivity index (χ0n) is 12.5. The van der Waals surface area contributed by atoms with Gasteiger partial charge in [0, 0.05) is 23.1 Å². The van der Waals surface area contributed by atoms with Crippen LogP contribution in [-0.2, 0) is 0 Å². The molecule has 1 aromatic heterocycles. The van der Waals surface area contributed by atoms with Crippen molar-refractivity contribution in [1.29, 1.82) is 0 Å². The largest absolute Gasteiger partial charge is 0.345 e. The molecular weight excluding hydrogens is 218 g/mol. The molecule has 1 heteroatoms. The molecule has 18 heavy (non-hydrogen) atoms. The summed E-state index contributed by atoms with van der Waals surface area (Å²) in [6.45, 7) is 13.6. The van der Waals surface area contributed by atoms with Crippen LogP contribution in [0.5, 0.6) is 0 Å².